The van der Waals surface area contributed by atoms with Crippen LogP contribution >= 0.6 is 23.2 Å². The molecule has 2 aromatic rings. The van der Waals surface area contributed by atoms with E-state index in [1.807, 2.05) is 12.1 Å². The molecule has 35 heavy (non-hydrogen) atoms. The van der Waals surface area contributed by atoms with Gasteiger partial charge in [0.25, 0.3) is 0 Å². The lowest BCUT2D eigenvalue weighted by Gasteiger charge is -2.44. The molecule has 1 aromatic carbocycles. The fraction of sp³-hybridized carbons (Fsp3) is 0.458. The zero-order chi connectivity index (χ0) is 24.8. The van der Waals surface area contributed by atoms with E-state index in [4.69, 9.17) is 32.7 Å². The van der Waals surface area contributed by atoms with Crippen molar-refractivity contribution in [3.8, 4) is 0 Å². The van der Waals surface area contributed by atoms with Crippen LogP contribution in [-0.2, 0) is 20.8 Å². The van der Waals surface area contributed by atoms with Gasteiger partial charge in [0, 0.05) is 24.6 Å². The Balaban J connectivity index is 1.37. The van der Waals surface area contributed by atoms with Crippen LogP contribution in [0.1, 0.15) is 24.8 Å². The van der Waals surface area contributed by atoms with Crippen molar-refractivity contribution in [3.05, 3.63) is 58.3 Å². The van der Waals surface area contributed by atoms with E-state index >= 15 is 0 Å². The highest BCUT2D eigenvalue weighted by atomic mass is 35.5. The number of β-amino-alcohol motifs (C(OH)–C–C–N with tert-alkyl or cyclic N) is 1. The van der Waals surface area contributed by atoms with Crippen LogP contribution < -0.4 is 10.6 Å². The molecule has 11 heteroatoms. The Hall–Kier alpha value is -2.43. The minimum absolute atomic E-state index is 0.0836. The number of hydrogen-bond acceptors (Lipinski definition) is 6. The van der Waals surface area contributed by atoms with Crippen molar-refractivity contribution in [1.29, 1.82) is 0 Å². The Bertz CT molecular complexity index is 1030. The van der Waals surface area contributed by atoms with Crippen LogP contribution in [0.25, 0.3) is 0 Å². The number of amides is 3. The summed E-state index contributed by atoms with van der Waals surface area (Å²) in [6, 6.07) is 7.83. The van der Waals surface area contributed by atoms with Gasteiger partial charge < -0.3 is 30.1 Å². The number of hydrogen-bond donors (Lipinski definition) is 3. The molecule has 0 unspecified atom stereocenters. The van der Waals surface area contributed by atoms with Gasteiger partial charge in [-0.05, 0) is 48.7 Å². The van der Waals surface area contributed by atoms with E-state index in [1.54, 1.807) is 35.5 Å². The van der Waals surface area contributed by atoms with Gasteiger partial charge in [0.05, 0.1) is 54.5 Å². The topological polar surface area (TPSA) is 113 Å². The molecular weight excluding hydrogens is 495 g/mol. The van der Waals surface area contributed by atoms with Gasteiger partial charge in [0.15, 0.2) is 0 Å². The van der Waals surface area contributed by atoms with E-state index in [9.17, 15) is 14.7 Å². The van der Waals surface area contributed by atoms with Crippen LogP contribution in [0.3, 0.4) is 0 Å². The lowest BCUT2D eigenvalue weighted by Crippen LogP contribution is -2.58. The summed E-state index contributed by atoms with van der Waals surface area (Å²) < 4.78 is 11.8. The Kier molecular flexibility index (Phi) is 8.80. The summed E-state index contributed by atoms with van der Waals surface area (Å²) >= 11 is 12.0. The molecule has 2 aliphatic rings. The SMILES string of the molecule is O=C(C[C@H]1CC[C@@H]2[C@H](COC[C@@H](O)CN2C(=O)Nc2ccc(Cl)c(Cl)c2)O1)NCc1ccncc1. The Labute approximate surface area is 213 Å². The second-order valence-electron chi connectivity index (χ2n) is 8.68. The summed E-state index contributed by atoms with van der Waals surface area (Å²) in [7, 11) is 0. The highest BCUT2D eigenvalue weighted by Gasteiger charge is 2.40. The maximum atomic E-state index is 13.2. The fourth-order valence-electron chi connectivity index (χ4n) is 4.32. The van der Waals surface area contributed by atoms with Crippen molar-refractivity contribution in [2.24, 2.45) is 0 Å². The predicted octanol–water partition coefficient (Wildman–Crippen LogP) is 3.24. The molecule has 1 aromatic heterocycles. The highest BCUT2D eigenvalue weighted by molar-refractivity contribution is 6.42. The number of ether oxygens (including phenoxy) is 2. The van der Waals surface area contributed by atoms with Gasteiger partial charge in [-0.25, -0.2) is 4.79 Å². The number of aromatic nitrogens is 1. The molecule has 0 spiro atoms. The van der Waals surface area contributed by atoms with Crippen LogP contribution in [0.5, 0.6) is 0 Å². The number of urea groups is 1. The summed E-state index contributed by atoms with van der Waals surface area (Å²) in [6.45, 7) is 0.812. The first-order chi connectivity index (χ1) is 16.9. The second-order valence-corrected chi connectivity index (χ2v) is 9.49. The molecule has 3 N–H and O–H groups in total. The van der Waals surface area contributed by atoms with Crippen molar-refractivity contribution in [1.82, 2.24) is 15.2 Å². The average Bonchev–Trinajstić information content (AvgIpc) is 2.83. The molecular formula is C24H28Cl2N4O5. The van der Waals surface area contributed by atoms with Crippen molar-refractivity contribution >= 4 is 40.8 Å². The standard InChI is InChI=1S/C24H28Cl2N4O5/c25-19-3-1-16(9-20(19)26)29-24(33)30-12-17(31)13-34-14-22-21(30)4-2-18(35-22)10-23(32)28-11-15-5-7-27-8-6-15/h1,3,5-9,17-18,21-22,31H,2,4,10-14H2,(H,28,32)(H,29,33)/t17-,18+,21+,22-/m0/s1. The Morgan fingerprint density at radius 2 is 1.91 bits per heavy atom. The Morgan fingerprint density at radius 1 is 1.11 bits per heavy atom. The minimum Gasteiger partial charge on any atom is -0.389 e. The number of rotatable bonds is 5. The van der Waals surface area contributed by atoms with Gasteiger partial charge in [-0.2, -0.15) is 0 Å². The largest absolute Gasteiger partial charge is 0.389 e. The third kappa shape index (κ3) is 7.05. The first-order valence-corrected chi connectivity index (χ1v) is 12.2. The van der Waals surface area contributed by atoms with Gasteiger partial charge in [-0.3, -0.25) is 9.78 Å². The molecule has 2 fully saturated rings. The molecule has 2 saturated heterocycles. The van der Waals surface area contributed by atoms with Crippen LogP contribution in [0.2, 0.25) is 10.0 Å². The number of pyridine rings is 1. The van der Waals surface area contributed by atoms with Crippen molar-refractivity contribution in [2.45, 2.75) is 50.2 Å². The van der Waals surface area contributed by atoms with E-state index in [2.05, 4.69) is 15.6 Å². The molecule has 3 amide bonds. The molecule has 4 atom stereocenters. The zero-order valence-corrected chi connectivity index (χ0v) is 20.5. The van der Waals surface area contributed by atoms with Crippen LogP contribution in [0, 0.1) is 0 Å². The minimum atomic E-state index is -0.827. The lowest BCUT2D eigenvalue weighted by molar-refractivity contribution is -0.149. The molecule has 2 aliphatic heterocycles. The molecule has 9 nitrogen and oxygen atoms in total. The number of nitrogens with one attached hydrogen (secondary N) is 2. The second kappa shape index (κ2) is 12.0. The summed E-state index contributed by atoms with van der Waals surface area (Å²) in [5.41, 5.74) is 1.46. The first-order valence-electron chi connectivity index (χ1n) is 11.5. The summed E-state index contributed by atoms with van der Waals surface area (Å²) in [5, 5.41) is 16.8. The maximum Gasteiger partial charge on any atom is 0.322 e. The summed E-state index contributed by atoms with van der Waals surface area (Å²) in [6.07, 6.45) is 3.24. The number of aliphatic hydroxyl groups excluding tert-OH is 1. The van der Waals surface area contributed by atoms with E-state index in [1.165, 1.54) is 0 Å². The number of benzene rings is 1. The lowest BCUT2D eigenvalue weighted by atomic mass is 9.95. The molecule has 188 valence electrons. The third-order valence-electron chi connectivity index (χ3n) is 6.06. The van der Waals surface area contributed by atoms with Gasteiger partial charge in [0.2, 0.25) is 5.91 Å². The number of carbonyl (C=O) groups is 2. The molecule has 0 saturated carbocycles. The van der Waals surface area contributed by atoms with E-state index in [0.29, 0.717) is 35.1 Å². The highest BCUT2D eigenvalue weighted by Crippen LogP contribution is 2.29. The van der Waals surface area contributed by atoms with Crippen LogP contribution in [0.15, 0.2) is 42.7 Å². The van der Waals surface area contributed by atoms with Crippen LogP contribution in [-0.4, -0.2) is 71.0 Å². The van der Waals surface area contributed by atoms with E-state index in [-0.39, 0.29) is 50.3 Å². The van der Waals surface area contributed by atoms with Gasteiger partial charge in [-0.1, -0.05) is 23.2 Å². The quantitative estimate of drug-likeness (QED) is 0.555. The molecule has 0 aliphatic carbocycles. The van der Waals surface area contributed by atoms with Gasteiger partial charge in [0.1, 0.15) is 6.10 Å². The average molecular weight is 523 g/mol. The van der Waals surface area contributed by atoms with E-state index in [0.717, 1.165) is 5.56 Å². The molecule has 3 heterocycles. The number of halogens is 2. The van der Waals surface area contributed by atoms with Crippen molar-refractivity contribution < 1.29 is 24.2 Å². The Morgan fingerprint density at radius 3 is 2.69 bits per heavy atom. The number of nitrogens with zero attached hydrogens (tertiary/aromatic N) is 2. The molecule has 4 rings (SSSR count). The number of aliphatic hydroxyl groups is 1. The smallest absolute Gasteiger partial charge is 0.322 e. The predicted molar refractivity (Wildman–Crippen MR) is 131 cm³/mol. The third-order valence-corrected chi connectivity index (χ3v) is 6.80. The number of anilines is 1. The fourth-order valence-corrected chi connectivity index (χ4v) is 4.62. The summed E-state index contributed by atoms with van der Waals surface area (Å²) in [5.74, 6) is -0.110. The molecule has 0 radical (unpaired) electrons. The normalized spacial score (nSPS) is 24.6. The van der Waals surface area contributed by atoms with Gasteiger partial charge >= 0.3 is 6.03 Å². The van der Waals surface area contributed by atoms with Crippen molar-refractivity contribution in [2.75, 3.05) is 25.1 Å². The van der Waals surface area contributed by atoms with Crippen molar-refractivity contribution in [3.63, 3.8) is 0 Å². The summed E-state index contributed by atoms with van der Waals surface area (Å²) in [4.78, 5) is 31.2. The molecule has 0 bridgehead atoms. The van der Waals surface area contributed by atoms with Crippen LogP contribution in [0.4, 0.5) is 10.5 Å². The number of carbonyl (C=O) groups excluding carboxylic acids is 2. The number of fused-ring (bicyclic) bond motifs is 1. The zero-order valence-electron chi connectivity index (χ0n) is 19.0. The first kappa shape index (κ1) is 25.7. The maximum absolute atomic E-state index is 13.2. The monoisotopic (exact) mass is 522 g/mol. The van der Waals surface area contributed by atoms with E-state index < -0.39 is 12.2 Å². The van der Waals surface area contributed by atoms with Gasteiger partial charge in [-0.15, -0.1) is 0 Å².